The van der Waals surface area contributed by atoms with Gasteiger partial charge in [-0.1, -0.05) is 16.8 Å². The van der Waals surface area contributed by atoms with E-state index >= 15 is 0 Å². The van der Waals surface area contributed by atoms with E-state index in [4.69, 9.17) is 16.1 Å². The molecule has 2 aromatic heterocycles. The Balaban J connectivity index is 0.00000280. The Kier molecular flexibility index (Phi) is 9.13. The molecule has 0 amide bonds. The Morgan fingerprint density at radius 2 is 1.89 bits per heavy atom. The summed E-state index contributed by atoms with van der Waals surface area (Å²) in [6.45, 7) is 3.47. The minimum Gasteiger partial charge on any atom is -0.356 e. The maximum atomic E-state index is 5.90. The van der Waals surface area contributed by atoms with Crippen LogP contribution in [0.3, 0.4) is 0 Å². The quantitative estimate of drug-likeness (QED) is 0.274. The van der Waals surface area contributed by atoms with Gasteiger partial charge in [-0.25, -0.2) is 4.98 Å². The number of hydrogen-bond acceptors (Lipinski definition) is 6. The molecule has 2 N–H and O–H groups in total. The molecule has 7 nitrogen and oxygen atoms in total. The standard InChI is InChI=1S/C18H21ClN6OS.HI/c1-12-11-23-16(27-12)8-10-22-18(20-2)21-9-7-15-24-17(25-26-15)13-3-5-14(19)6-4-13;/h3-6,11H,7-10H2,1-2H3,(H2,20,21,22);1H. The maximum absolute atomic E-state index is 5.90. The van der Waals surface area contributed by atoms with Crippen molar-refractivity contribution >= 4 is 52.9 Å². The minimum atomic E-state index is 0. The number of guanidine groups is 1. The molecule has 10 heteroatoms. The summed E-state index contributed by atoms with van der Waals surface area (Å²) in [7, 11) is 1.74. The summed E-state index contributed by atoms with van der Waals surface area (Å²) in [5.41, 5.74) is 0.872. The molecular formula is C18H22ClIN6OS. The number of nitrogens with zero attached hydrogens (tertiary/aromatic N) is 4. The number of aromatic nitrogens is 3. The summed E-state index contributed by atoms with van der Waals surface area (Å²) in [5.74, 6) is 1.87. The van der Waals surface area contributed by atoms with Gasteiger partial charge < -0.3 is 15.2 Å². The second-order valence-electron chi connectivity index (χ2n) is 5.81. The highest BCUT2D eigenvalue weighted by Crippen LogP contribution is 2.18. The monoisotopic (exact) mass is 532 g/mol. The molecule has 0 saturated carbocycles. The number of aliphatic imine (C=N–C) groups is 1. The topological polar surface area (TPSA) is 88.2 Å². The number of hydrogen-bond donors (Lipinski definition) is 2. The first kappa shape index (κ1) is 22.6. The predicted octanol–water partition coefficient (Wildman–Crippen LogP) is 3.72. The smallest absolute Gasteiger partial charge is 0.228 e. The van der Waals surface area contributed by atoms with Gasteiger partial charge in [0.25, 0.3) is 0 Å². The zero-order valence-electron chi connectivity index (χ0n) is 15.6. The molecule has 1 aromatic carbocycles. The summed E-state index contributed by atoms with van der Waals surface area (Å²) in [5, 5.41) is 12.3. The van der Waals surface area contributed by atoms with E-state index in [1.54, 1.807) is 30.5 Å². The molecule has 0 unspecified atom stereocenters. The van der Waals surface area contributed by atoms with E-state index in [9.17, 15) is 0 Å². The van der Waals surface area contributed by atoms with E-state index < -0.39 is 0 Å². The number of rotatable bonds is 7. The third-order valence-corrected chi connectivity index (χ3v) is 4.95. The Morgan fingerprint density at radius 1 is 1.18 bits per heavy atom. The average Bonchev–Trinajstić information content (AvgIpc) is 3.30. The van der Waals surface area contributed by atoms with Crippen LogP contribution < -0.4 is 10.6 Å². The molecule has 150 valence electrons. The van der Waals surface area contributed by atoms with Gasteiger partial charge in [0.2, 0.25) is 11.7 Å². The first-order valence-corrected chi connectivity index (χ1v) is 9.78. The number of nitrogens with one attached hydrogen (secondary N) is 2. The van der Waals surface area contributed by atoms with Crippen molar-refractivity contribution in [2.45, 2.75) is 19.8 Å². The van der Waals surface area contributed by atoms with Gasteiger partial charge in [-0.15, -0.1) is 35.3 Å². The normalized spacial score (nSPS) is 11.2. The second kappa shape index (κ2) is 11.3. The van der Waals surface area contributed by atoms with Gasteiger partial charge in [-0.3, -0.25) is 4.99 Å². The van der Waals surface area contributed by atoms with Crippen molar-refractivity contribution in [3.8, 4) is 11.4 Å². The van der Waals surface area contributed by atoms with Crippen LogP contribution in [0.15, 0.2) is 40.0 Å². The van der Waals surface area contributed by atoms with Crippen LogP contribution >= 0.6 is 46.9 Å². The zero-order valence-corrected chi connectivity index (χ0v) is 19.5. The highest BCUT2D eigenvalue weighted by atomic mass is 127. The third-order valence-electron chi connectivity index (χ3n) is 3.73. The molecule has 3 aromatic rings. The van der Waals surface area contributed by atoms with Crippen molar-refractivity contribution in [1.82, 2.24) is 25.8 Å². The Morgan fingerprint density at radius 3 is 2.54 bits per heavy atom. The lowest BCUT2D eigenvalue weighted by Gasteiger charge is -2.10. The van der Waals surface area contributed by atoms with E-state index in [2.05, 4.69) is 37.7 Å². The van der Waals surface area contributed by atoms with E-state index in [0.29, 0.717) is 29.7 Å². The fourth-order valence-corrected chi connectivity index (χ4v) is 3.30. The van der Waals surface area contributed by atoms with Gasteiger partial charge in [0.1, 0.15) is 0 Å². The third kappa shape index (κ3) is 6.71. The second-order valence-corrected chi connectivity index (χ2v) is 7.56. The molecule has 0 aliphatic heterocycles. The van der Waals surface area contributed by atoms with Crippen LogP contribution in [0.2, 0.25) is 5.02 Å². The van der Waals surface area contributed by atoms with Crippen molar-refractivity contribution in [2.75, 3.05) is 20.1 Å². The van der Waals surface area contributed by atoms with Crippen molar-refractivity contribution in [3.05, 3.63) is 51.3 Å². The molecule has 2 heterocycles. The van der Waals surface area contributed by atoms with Crippen molar-refractivity contribution in [2.24, 2.45) is 4.99 Å². The van der Waals surface area contributed by atoms with Crippen molar-refractivity contribution in [3.63, 3.8) is 0 Å². The lowest BCUT2D eigenvalue weighted by Crippen LogP contribution is -2.39. The molecule has 3 rings (SSSR count). The summed E-state index contributed by atoms with van der Waals surface area (Å²) < 4.78 is 5.30. The van der Waals surface area contributed by atoms with Gasteiger partial charge in [-0.05, 0) is 31.2 Å². The molecule has 0 saturated heterocycles. The minimum absolute atomic E-state index is 0. The number of benzene rings is 1. The van der Waals surface area contributed by atoms with E-state index in [-0.39, 0.29) is 24.0 Å². The highest BCUT2D eigenvalue weighted by Gasteiger charge is 2.09. The first-order chi connectivity index (χ1) is 13.1. The largest absolute Gasteiger partial charge is 0.356 e. The molecule has 28 heavy (non-hydrogen) atoms. The Hall–Kier alpha value is -1.72. The maximum Gasteiger partial charge on any atom is 0.228 e. The predicted molar refractivity (Wildman–Crippen MR) is 124 cm³/mol. The van der Waals surface area contributed by atoms with Gasteiger partial charge in [0, 0.05) is 54.6 Å². The van der Waals surface area contributed by atoms with Crippen LogP contribution in [0.25, 0.3) is 11.4 Å². The van der Waals surface area contributed by atoms with Crippen LogP contribution in [0.1, 0.15) is 15.8 Å². The van der Waals surface area contributed by atoms with Crippen LogP contribution in [-0.2, 0) is 12.8 Å². The van der Waals surface area contributed by atoms with Crippen LogP contribution in [-0.4, -0.2) is 41.2 Å². The van der Waals surface area contributed by atoms with Gasteiger partial charge in [0.15, 0.2) is 5.96 Å². The summed E-state index contributed by atoms with van der Waals surface area (Å²) in [6.07, 6.45) is 3.37. The molecule has 0 spiro atoms. The van der Waals surface area contributed by atoms with E-state index in [0.717, 1.165) is 29.5 Å². The highest BCUT2D eigenvalue weighted by molar-refractivity contribution is 14.0. The summed E-state index contributed by atoms with van der Waals surface area (Å²) in [4.78, 5) is 14.2. The molecule has 0 radical (unpaired) electrons. The lowest BCUT2D eigenvalue weighted by atomic mass is 10.2. The number of halogens is 2. The summed E-state index contributed by atoms with van der Waals surface area (Å²) in [6, 6.07) is 7.34. The number of thiazole rings is 1. The number of aryl methyl sites for hydroxylation is 1. The zero-order chi connectivity index (χ0) is 19.1. The molecule has 0 aliphatic rings. The van der Waals surface area contributed by atoms with Crippen molar-refractivity contribution < 1.29 is 4.52 Å². The molecule has 0 fully saturated rings. The Labute approximate surface area is 190 Å². The average molecular weight is 533 g/mol. The van der Waals surface area contributed by atoms with Gasteiger partial charge >= 0.3 is 0 Å². The molecule has 0 aliphatic carbocycles. The fourth-order valence-electron chi connectivity index (χ4n) is 2.39. The lowest BCUT2D eigenvalue weighted by molar-refractivity contribution is 0.378. The van der Waals surface area contributed by atoms with Crippen LogP contribution in [0.5, 0.6) is 0 Å². The van der Waals surface area contributed by atoms with E-state index in [1.807, 2.05) is 18.3 Å². The molecular weight excluding hydrogens is 511 g/mol. The van der Waals surface area contributed by atoms with Gasteiger partial charge in [0.05, 0.1) is 5.01 Å². The Bertz CT molecular complexity index is 896. The van der Waals surface area contributed by atoms with Crippen molar-refractivity contribution in [1.29, 1.82) is 0 Å². The van der Waals surface area contributed by atoms with Crippen LogP contribution in [0.4, 0.5) is 0 Å². The van der Waals surface area contributed by atoms with Gasteiger partial charge in [-0.2, -0.15) is 4.98 Å². The first-order valence-electron chi connectivity index (χ1n) is 8.58. The molecule has 0 atom stereocenters. The van der Waals surface area contributed by atoms with Crippen LogP contribution in [0, 0.1) is 6.92 Å². The molecule has 0 bridgehead atoms. The fraction of sp³-hybridized carbons (Fsp3) is 0.333. The summed E-state index contributed by atoms with van der Waals surface area (Å²) >= 11 is 7.61. The van der Waals surface area contributed by atoms with E-state index in [1.165, 1.54) is 4.88 Å². The SMILES string of the molecule is CN=C(NCCc1nc(-c2ccc(Cl)cc2)no1)NCCc1ncc(C)s1.I.